The van der Waals surface area contributed by atoms with Crippen LogP contribution in [-0.2, 0) is 16.6 Å². The van der Waals surface area contributed by atoms with Crippen LogP contribution in [0.4, 0.5) is 5.69 Å². The van der Waals surface area contributed by atoms with Crippen LogP contribution in [0.2, 0.25) is 5.02 Å². The number of halogens is 2. The van der Waals surface area contributed by atoms with E-state index in [9.17, 15) is 4.79 Å². The monoisotopic (exact) mass is 348 g/mol. The van der Waals surface area contributed by atoms with Gasteiger partial charge in [0.1, 0.15) is 5.88 Å². The van der Waals surface area contributed by atoms with Crippen molar-refractivity contribution in [3.8, 4) is 0 Å². The van der Waals surface area contributed by atoms with Crippen LogP contribution in [0.5, 0.6) is 0 Å². The highest BCUT2D eigenvalue weighted by Crippen LogP contribution is 2.40. The van der Waals surface area contributed by atoms with Gasteiger partial charge in [0.25, 0.3) is 0 Å². The van der Waals surface area contributed by atoms with Crippen LogP contribution in [0.3, 0.4) is 0 Å². The van der Waals surface area contributed by atoms with Crippen molar-refractivity contribution >= 4 is 34.8 Å². The highest BCUT2D eigenvalue weighted by Gasteiger charge is 2.38. The Kier molecular flexibility index (Phi) is 4.35. The molecule has 2 aromatic rings. The molecule has 1 aromatic carbocycles. The first-order valence-corrected chi connectivity index (χ1v) is 8.42. The van der Waals surface area contributed by atoms with Gasteiger partial charge in [-0.05, 0) is 23.8 Å². The Morgan fingerprint density at radius 3 is 2.65 bits per heavy atom. The SMILES string of the molecule is CC1(C)CN(C(=O)CCl)c2cc(Cc3ccc(Cl)cc3)ncc21. The number of benzene rings is 1. The van der Waals surface area contributed by atoms with E-state index < -0.39 is 0 Å². The predicted molar refractivity (Wildman–Crippen MR) is 94.6 cm³/mol. The zero-order chi connectivity index (χ0) is 16.6. The van der Waals surface area contributed by atoms with E-state index in [0.717, 1.165) is 27.5 Å². The topological polar surface area (TPSA) is 33.2 Å². The fourth-order valence-corrected chi connectivity index (χ4v) is 3.27. The van der Waals surface area contributed by atoms with E-state index in [1.165, 1.54) is 0 Å². The van der Waals surface area contributed by atoms with Gasteiger partial charge >= 0.3 is 0 Å². The van der Waals surface area contributed by atoms with Gasteiger partial charge in [0.2, 0.25) is 5.91 Å². The molecule has 3 rings (SSSR count). The average molecular weight is 349 g/mol. The van der Waals surface area contributed by atoms with Gasteiger partial charge in [-0.1, -0.05) is 37.6 Å². The molecule has 1 aromatic heterocycles. The summed E-state index contributed by atoms with van der Waals surface area (Å²) in [5, 5.41) is 0.719. The Morgan fingerprint density at radius 2 is 2.00 bits per heavy atom. The minimum Gasteiger partial charge on any atom is -0.310 e. The number of carbonyl (C=O) groups excluding carboxylic acids is 1. The number of hydrogen-bond acceptors (Lipinski definition) is 2. The molecule has 23 heavy (non-hydrogen) atoms. The average Bonchev–Trinajstić information content (AvgIpc) is 2.80. The number of fused-ring (bicyclic) bond motifs is 1. The maximum atomic E-state index is 12.1. The number of rotatable bonds is 3. The first-order chi connectivity index (χ1) is 10.9. The molecule has 1 aliphatic heterocycles. The number of anilines is 1. The smallest absolute Gasteiger partial charge is 0.241 e. The van der Waals surface area contributed by atoms with E-state index in [4.69, 9.17) is 23.2 Å². The third kappa shape index (κ3) is 3.22. The lowest BCUT2D eigenvalue weighted by molar-refractivity contribution is -0.116. The van der Waals surface area contributed by atoms with Crippen LogP contribution in [0.25, 0.3) is 0 Å². The second-order valence-electron chi connectivity index (χ2n) is 6.49. The Morgan fingerprint density at radius 1 is 1.30 bits per heavy atom. The zero-order valence-electron chi connectivity index (χ0n) is 13.1. The van der Waals surface area contributed by atoms with Crippen molar-refractivity contribution in [1.29, 1.82) is 0 Å². The van der Waals surface area contributed by atoms with Crippen molar-refractivity contribution in [1.82, 2.24) is 4.98 Å². The third-order valence-electron chi connectivity index (χ3n) is 4.23. The number of aromatic nitrogens is 1. The fourth-order valence-electron chi connectivity index (χ4n) is 3.00. The number of nitrogens with zero attached hydrogens (tertiary/aromatic N) is 2. The molecule has 0 radical (unpaired) electrons. The molecule has 0 bridgehead atoms. The number of pyridine rings is 1. The predicted octanol–water partition coefficient (Wildman–Crippen LogP) is 4.19. The Bertz CT molecular complexity index is 741. The van der Waals surface area contributed by atoms with Crippen LogP contribution in [-0.4, -0.2) is 23.3 Å². The molecule has 3 nitrogen and oxygen atoms in total. The van der Waals surface area contributed by atoms with E-state index in [0.29, 0.717) is 13.0 Å². The number of amides is 1. The van der Waals surface area contributed by atoms with Crippen LogP contribution in [0.15, 0.2) is 36.5 Å². The largest absolute Gasteiger partial charge is 0.310 e. The molecule has 0 fully saturated rings. The minimum absolute atomic E-state index is 0.00956. The summed E-state index contributed by atoms with van der Waals surface area (Å²) >= 11 is 11.7. The van der Waals surface area contributed by atoms with Crippen molar-refractivity contribution in [3.63, 3.8) is 0 Å². The maximum absolute atomic E-state index is 12.1. The van der Waals surface area contributed by atoms with E-state index in [2.05, 4.69) is 18.8 Å². The lowest BCUT2D eigenvalue weighted by Crippen LogP contribution is -2.34. The molecule has 0 aliphatic carbocycles. The first-order valence-electron chi connectivity index (χ1n) is 7.51. The standard InChI is InChI=1S/C18H18Cl2N2O/c1-18(2)11-22(17(23)9-19)16-8-14(21-10-15(16)18)7-12-3-5-13(20)6-4-12/h3-6,8,10H,7,9,11H2,1-2H3. The summed E-state index contributed by atoms with van der Waals surface area (Å²) in [5.74, 6) is -0.0770. The van der Waals surface area contributed by atoms with Gasteiger partial charge < -0.3 is 4.90 Å². The molecule has 0 atom stereocenters. The third-order valence-corrected chi connectivity index (χ3v) is 4.71. The molecule has 0 unspecified atom stereocenters. The lowest BCUT2D eigenvalue weighted by Gasteiger charge is -2.19. The van der Waals surface area contributed by atoms with Gasteiger partial charge in [0.05, 0.1) is 5.69 Å². The van der Waals surface area contributed by atoms with E-state index >= 15 is 0 Å². The van der Waals surface area contributed by atoms with Crippen LogP contribution in [0.1, 0.15) is 30.7 Å². The van der Waals surface area contributed by atoms with Crippen LogP contribution < -0.4 is 4.90 Å². The second-order valence-corrected chi connectivity index (χ2v) is 7.20. The summed E-state index contributed by atoms with van der Waals surface area (Å²) in [6, 6.07) is 9.72. The van der Waals surface area contributed by atoms with Gasteiger partial charge in [-0.2, -0.15) is 0 Å². The summed E-state index contributed by atoms with van der Waals surface area (Å²) in [6.45, 7) is 4.88. The van der Waals surface area contributed by atoms with Crippen LogP contribution >= 0.6 is 23.2 Å². The second kappa shape index (κ2) is 6.14. The molecule has 5 heteroatoms. The summed E-state index contributed by atoms with van der Waals surface area (Å²) in [5.41, 5.74) is 3.98. The highest BCUT2D eigenvalue weighted by atomic mass is 35.5. The molecule has 1 aliphatic rings. The van der Waals surface area contributed by atoms with Crippen molar-refractivity contribution < 1.29 is 4.79 Å². The molecular weight excluding hydrogens is 331 g/mol. The first kappa shape index (κ1) is 16.3. The number of hydrogen-bond donors (Lipinski definition) is 0. The van der Waals surface area contributed by atoms with Crippen LogP contribution in [0, 0.1) is 0 Å². The molecule has 0 saturated carbocycles. The van der Waals surface area contributed by atoms with Crippen molar-refractivity contribution in [2.45, 2.75) is 25.7 Å². The molecule has 0 saturated heterocycles. The molecular formula is C18H18Cl2N2O. The van der Waals surface area contributed by atoms with E-state index in [1.54, 1.807) is 4.90 Å². The highest BCUT2D eigenvalue weighted by molar-refractivity contribution is 6.30. The van der Waals surface area contributed by atoms with Crippen molar-refractivity contribution in [3.05, 3.63) is 58.4 Å². The lowest BCUT2D eigenvalue weighted by atomic mass is 9.88. The summed E-state index contributed by atoms with van der Waals surface area (Å²) < 4.78 is 0. The van der Waals surface area contributed by atoms with Gasteiger partial charge in [0.15, 0.2) is 0 Å². The van der Waals surface area contributed by atoms with Gasteiger partial charge in [-0.3, -0.25) is 9.78 Å². The Labute approximate surface area is 146 Å². The molecule has 1 amide bonds. The zero-order valence-corrected chi connectivity index (χ0v) is 14.7. The molecule has 0 spiro atoms. The van der Waals surface area contributed by atoms with Crippen molar-refractivity contribution in [2.75, 3.05) is 17.3 Å². The fraction of sp³-hybridized carbons (Fsp3) is 0.333. The van der Waals surface area contributed by atoms with Gasteiger partial charge in [0, 0.05) is 40.9 Å². The molecule has 2 heterocycles. The normalized spacial score (nSPS) is 15.6. The molecule has 120 valence electrons. The summed E-state index contributed by atoms with van der Waals surface area (Å²) in [7, 11) is 0. The number of carbonyl (C=O) groups is 1. The van der Waals surface area contributed by atoms with Crippen molar-refractivity contribution in [2.24, 2.45) is 0 Å². The summed E-state index contributed by atoms with van der Waals surface area (Å²) in [4.78, 5) is 18.5. The Balaban J connectivity index is 1.94. The van der Waals surface area contributed by atoms with Gasteiger partial charge in [-0.25, -0.2) is 0 Å². The van der Waals surface area contributed by atoms with Gasteiger partial charge in [-0.15, -0.1) is 11.6 Å². The minimum atomic E-state index is -0.108. The van der Waals surface area contributed by atoms with E-state index in [1.807, 2.05) is 36.5 Å². The molecule has 0 N–H and O–H groups in total. The summed E-state index contributed by atoms with van der Waals surface area (Å²) in [6.07, 6.45) is 2.59. The maximum Gasteiger partial charge on any atom is 0.241 e. The Hall–Kier alpha value is -1.58. The number of alkyl halides is 1. The quantitative estimate of drug-likeness (QED) is 0.779. The van der Waals surface area contributed by atoms with E-state index in [-0.39, 0.29) is 17.2 Å².